The first kappa shape index (κ1) is 14.5. The second-order valence-corrected chi connectivity index (χ2v) is 4.42. The highest BCUT2D eigenvalue weighted by atomic mass is 16.3. The van der Waals surface area contributed by atoms with Crippen molar-refractivity contribution in [3.8, 4) is 0 Å². The summed E-state index contributed by atoms with van der Waals surface area (Å²) in [6, 6.07) is 7.34. The van der Waals surface area contributed by atoms with Crippen LogP contribution in [0, 0.1) is 0 Å². The molecule has 1 aromatic carbocycles. The number of aliphatic hydroxyl groups is 1. The molecule has 18 heavy (non-hydrogen) atoms. The van der Waals surface area contributed by atoms with Crippen molar-refractivity contribution < 1.29 is 9.90 Å². The zero-order valence-corrected chi connectivity index (χ0v) is 10.9. The fourth-order valence-electron chi connectivity index (χ4n) is 1.63. The minimum absolute atomic E-state index is 0.0406. The molecule has 0 bridgehead atoms. The molecule has 1 rings (SSSR count). The van der Waals surface area contributed by atoms with Crippen molar-refractivity contribution >= 4 is 17.3 Å². The van der Waals surface area contributed by atoms with Crippen LogP contribution in [0.25, 0.3) is 0 Å². The van der Waals surface area contributed by atoms with E-state index in [4.69, 9.17) is 10.8 Å². The van der Waals surface area contributed by atoms with Gasteiger partial charge < -0.3 is 16.2 Å². The largest absolute Gasteiger partial charge is 0.397 e. The summed E-state index contributed by atoms with van der Waals surface area (Å²) < 4.78 is 0. The van der Waals surface area contributed by atoms with Gasteiger partial charge in [0, 0.05) is 12.6 Å². The molecule has 0 saturated heterocycles. The highest BCUT2D eigenvalue weighted by molar-refractivity contribution is 5.95. The Labute approximate surface area is 108 Å². The highest BCUT2D eigenvalue weighted by Crippen LogP contribution is 2.16. The van der Waals surface area contributed by atoms with E-state index in [1.54, 1.807) is 12.1 Å². The number of amides is 1. The zero-order valence-electron chi connectivity index (χ0n) is 10.9. The third-order valence-corrected chi connectivity index (χ3v) is 2.70. The molecule has 0 aliphatic heterocycles. The molecule has 5 nitrogen and oxygen atoms in total. The minimum atomic E-state index is -0.130. The Bertz CT molecular complexity index is 394. The number of hydrogen-bond acceptors (Lipinski definition) is 4. The monoisotopic (exact) mass is 251 g/mol. The molecular weight excluding hydrogens is 230 g/mol. The summed E-state index contributed by atoms with van der Waals surface area (Å²) in [5.41, 5.74) is 6.92. The number of carbonyl (C=O) groups is 1. The highest BCUT2D eigenvalue weighted by Gasteiger charge is 2.13. The Hall–Kier alpha value is -1.59. The Morgan fingerprint density at radius 2 is 2.11 bits per heavy atom. The van der Waals surface area contributed by atoms with Gasteiger partial charge in [-0.05, 0) is 26.0 Å². The van der Waals surface area contributed by atoms with E-state index in [1.165, 1.54) is 0 Å². The second-order valence-electron chi connectivity index (χ2n) is 4.42. The molecule has 0 aliphatic rings. The molecule has 1 amide bonds. The van der Waals surface area contributed by atoms with Crippen molar-refractivity contribution in [3.05, 3.63) is 24.3 Å². The maximum absolute atomic E-state index is 11.9. The van der Waals surface area contributed by atoms with Crippen LogP contribution in [-0.2, 0) is 4.79 Å². The number of benzene rings is 1. The summed E-state index contributed by atoms with van der Waals surface area (Å²) >= 11 is 0. The van der Waals surface area contributed by atoms with Gasteiger partial charge in [-0.2, -0.15) is 0 Å². The molecular formula is C13H21N3O2. The molecule has 1 aromatic rings. The Morgan fingerprint density at radius 3 is 2.67 bits per heavy atom. The van der Waals surface area contributed by atoms with Crippen LogP contribution in [0.2, 0.25) is 0 Å². The Balaban J connectivity index is 2.58. The van der Waals surface area contributed by atoms with Gasteiger partial charge in [-0.25, -0.2) is 0 Å². The number of rotatable bonds is 6. The Morgan fingerprint density at radius 1 is 1.44 bits per heavy atom. The van der Waals surface area contributed by atoms with Gasteiger partial charge in [0.15, 0.2) is 0 Å². The van der Waals surface area contributed by atoms with Crippen LogP contribution in [0.5, 0.6) is 0 Å². The van der Waals surface area contributed by atoms with Gasteiger partial charge >= 0.3 is 0 Å². The van der Waals surface area contributed by atoms with Crippen molar-refractivity contribution in [1.29, 1.82) is 0 Å². The molecule has 0 fully saturated rings. The van der Waals surface area contributed by atoms with Gasteiger partial charge in [0.25, 0.3) is 0 Å². The van der Waals surface area contributed by atoms with E-state index >= 15 is 0 Å². The molecule has 0 spiro atoms. The van der Waals surface area contributed by atoms with E-state index in [1.807, 2.05) is 30.9 Å². The zero-order chi connectivity index (χ0) is 13.5. The average molecular weight is 251 g/mol. The van der Waals surface area contributed by atoms with Crippen LogP contribution in [0.3, 0.4) is 0 Å². The SMILES string of the molecule is CC(C)N(CCO)CC(=O)Nc1ccccc1N. The first-order valence-electron chi connectivity index (χ1n) is 6.04. The molecule has 0 saturated carbocycles. The number of nitrogen functional groups attached to an aromatic ring is 1. The molecule has 0 heterocycles. The molecule has 0 aromatic heterocycles. The first-order valence-corrected chi connectivity index (χ1v) is 6.04. The predicted octanol–water partition coefficient (Wildman–Crippen LogP) is 0.910. The number of nitrogens with zero attached hydrogens (tertiary/aromatic N) is 1. The fourth-order valence-corrected chi connectivity index (χ4v) is 1.63. The lowest BCUT2D eigenvalue weighted by molar-refractivity contribution is -0.117. The lowest BCUT2D eigenvalue weighted by atomic mass is 10.2. The summed E-state index contributed by atoms with van der Waals surface area (Å²) in [5, 5.41) is 11.7. The Kier molecular flexibility index (Phi) is 5.61. The number of aliphatic hydroxyl groups excluding tert-OH is 1. The second kappa shape index (κ2) is 6.98. The van der Waals surface area contributed by atoms with E-state index in [-0.39, 0.29) is 25.1 Å². The number of hydrogen-bond donors (Lipinski definition) is 3. The van der Waals surface area contributed by atoms with Crippen molar-refractivity contribution in [2.45, 2.75) is 19.9 Å². The van der Waals surface area contributed by atoms with Crippen molar-refractivity contribution in [3.63, 3.8) is 0 Å². The molecule has 0 atom stereocenters. The summed E-state index contributed by atoms with van der Waals surface area (Å²) in [7, 11) is 0. The molecule has 100 valence electrons. The van der Waals surface area contributed by atoms with Crippen LogP contribution in [0.4, 0.5) is 11.4 Å². The quantitative estimate of drug-likeness (QED) is 0.657. The first-order chi connectivity index (χ1) is 8.54. The maximum atomic E-state index is 11.9. The molecule has 0 unspecified atom stereocenters. The summed E-state index contributed by atoms with van der Waals surface area (Å²) in [5.74, 6) is -0.130. The number of anilines is 2. The van der Waals surface area contributed by atoms with Crippen molar-refractivity contribution in [2.75, 3.05) is 30.7 Å². The molecule has 0 radical (unpaired) electrons. The lowest BCUT2D eigenvalue weighted by Crippen LogP contribution is -2.39. The van der Waals surface area contributed by atoms with E-state index in [9.17, 15) is 4.79 Å². The van der Waals surface area contributed by atoms with Gasteiger partial charge in [0.05, 0.1) is 24.5 Å². The number of nitrogens with one attached hydrogen (secondary N) is 1. The van der Waals surface area contributed by atoms with Gasteiger partial charge in [-0.1, -0.05) is 12.1 Å². The van der Waals surface area contributed by atoms with E-state index in [0.29, 0.717) is 17.9 Å². The van der Waals surface area contributed by atoms with Crippen LogP contribution < -0.4 is 11.1 Å². The van der Waals surface area contributed by atoms with Crippen LogP contribution in [0.1, 0.15) is 13.8 Å². The average Bonchev–Trinajstić information content (AvgIpc) is 2.31. The lowest BCUT2D eigenvalue weighted by Gasteiger charge is -2.24. The third kappa shape index (κ3) is 4.35. The molecule has 5 heteroatoms. The maximum Gasteiger partial charge on any atom is 0.238 e. The smallest absolute Gasteiger partial charge is 0.238 e. The summed E-state index contributed by atoms with van der Waals surface area (Å²) in [6.45, 7) is 4.74. The predicted molar refractivity (Wildman–Crippen MR) is 73.3 cm³/mol. The minimum Gasteiger partial charge on any atom is -0.397 e. The number of nitrogens with two attached hydrogens (primary N) is 1. The van der Waals surface area contributed by atoms with Gasteiger partial charge in [-0.15, -0.1) is 0 Å². The van der Waals surface area contributed by atoms with E-state index in [0.717, 1.165) is 0 Å². The third-order valence-electron chi connectivity index (χ3n) is 2.70. The van der Waals surface area contributed by atoms with Crippen LogP contribution >= 0.6 is 0 Å². The van der Waals surface area contributed by atoms with Crippen molar-refractivity contribution in [2.24, 2.45) is 0 Å². The number of carbonyl (C=O) groups excluding carboxylic acids is 1. The standard InChI is InChI=1S/C13H21N3O2/c1-10(2)16(7-8-17)9-13(18)15-12-6-4-3-5-11(12)14/h3-6,10,17H,7-9,14H2,1-2H3,(H,15,18). The van der Waals surface area contributed by atoms with Gasteiger partial charge in [-0.3, -0.25) is 9.69 Å². The summed E-state index contributed by atoms with van der Waals surface area (Å²) in [6.07, 6.45) is 0. The van der Waals surface area contributed by atoms with Crippen LogP contribution in [-0.4, -0.2) is 41.7 Å². The molecule has 0 aliphatic carbocycles. The topological polar surface area (TPSA) is 78.6 Å². The normalized spacial score (nSPS) is 10.9. The fraction of sp³-hybridized carbons (Fsp3) is 0.462. The van der Waals surface area contributed by atoms with Crippen LogP contribution in [0.15, 0.2) is 24.3 Å². The van der Waals surface area contributed by atoms with Gasteiger partial charge in [0.2, 0.25) is 5.91 Å². The molecule has 4 N–H and O–H groups in total. The van der Waals surface area contributed by atoms with Crippen molar-refractivity contribution in [1.82, 2.24) is 4.90 Å². The number of para-hydroxylation sites is 2. The van der Waals surface area contributed by atoms with E-state index < -0.39 is 0 Å². The van der Waals surface area contributed by atoms with Gasteiger partial charge in [0.1, 0.15) is 0 Å². The summed E-state index contributed by atoms with van der Waals surface area (Å²) in [4.78, 5) is 13.8. The van der Waals surface area contributed by atoms with E-state index in [2.05, 4.69) is 5.32 Å².